The molecule has 1 amide bonds. The number of furan rings is 1. The number of fused-ring (bicyclic) bond motifs is 1. The summed E-state index contributed by atoms with van der Waals surface area (Å²) in [7, 11) is 0. The molecule has 0 aliphatic heterocycles. The molecular formula is C20H17N3O2. The number of rotatable bonds is 3. The molecule has 0 saturated heterocycles. The van der Waals surface area contributed by atoms with E-state index in [1.807, 2.05) is 74.5 Å². The van der Waals surface area contributed by atoms with Crippen LogP contribution in [0.15, 0.2) is 65.1 Å². The average Bonchev–Trinajstić information content (AvgIpc) is 3.16. The van der Waals surface area contributed by atoms with E-state index < -0.39 is 0 Å². The Bertz CT molecular complexity index is 1060. The van der Waals surface area contributed by atoms with Crippen LogP contribution in [0.1, 0.15) is 21.8 Å². The zero-order chi connectivity index (χ0) is 17.4. The van der Waals surface area contributed by atoms with E-state index in [0.29, 0.717) is 17.2 Å². The van der Waals surface area contributed by atoms with E-state index in [1.165, 1.54) is 0 Å². The fourth-order valence-corrected chi connectivity index (χ4v) is 2.93. The Balaban J connectivity index is 1.64. The molecule has 0 aliphatic rings. The molecule has 5 nitrogen and oxygen atoms in total. The number of benzene rings is 2. The Kier molecular flexibility index (Phi) is 3.61. The molecule has 2 heterocycles. The Morgan fingerprint density at radius 1 is 1.04 bits per heavy atom. The van der Waals surface area contributed by atoms with Crippen LogP contribution in [0, 0.1) is 13.8 Å². The molecule has 4 aromatic rings. The zero-order valence-corrected chi connectivity index (χ0v) is 14.0. The standard InChI is InChI=1S/C20H17N3O2/c1-13-12-18(22-23(13)15-8-4-3-5-9-15)21-20(24)19-14(2)16-10-6-7-11-17(16)25-19/h3-12H,1-2H3,(H,21,22,24). The molecule has 0 unspecified atom stereocenters. The molecule has 0 atom stereocenters. The van der Waals surface area contributed by atoms with Crippen molar-refractivity contribution in [2.75, 3.05) is 5.32 Å². The molecule has 0 aliphatic carbocycles. The number of aryl methyl sites for hydroxylation is 2. The van der Waals surface area contributed by atoms with Crippen molar-refractivity contribution in [3.05, 3.63) is 77.7 Å². The first-order valence-corrected chi connectivity index (χ1v) is 8.05. The summed E-state index contributed by atoms with van der Waals surface area (Å²) in [6, 6.07) is 19.2. The summed E-state index contributed by atoms with van der Waals surface area (Å²) in [6.45, 7) is 3.83. The van der Waals surface area contributed by atoms with Gasteiger partial charge < -0.3 is 9.73 Å². The first-order valence-electron chi connectivity index (χ1n) is 8.05. The fraction of sp³-hybridized carbons (Fsp3) is 0.100. The van der Waals surface area contributed by atoms with Gasteiger partial charge in [0.1, 0.15) is 5.58 Å². The Hall–Kier alpha value is -3.34. The van der Waals surface area contributed by atoms with Crippen LogP contribution >= 0.6 is 0 Å². The Labute approximate surface area is 144 Å². The maximum Gasteiger partial charge on any atom is 0.292 e. The van der Waals surface area contributed by atoms with Gasteiger partial charge in [-0.15, -0.1) is 5.10 Å². The van der Waals surface area contributed by atoms with Gasteiger partial charge in [-0.1, -0.05) is 36.4 Å². The first kappa shape index (κ1) is 15.2. The van der Waals surface area contributed by atoms with E-state index in [-0.39, 0.29) is 5.91 Å². The van der Waals surface area contributed by atoms with Gasteiger partial charge in [0.15, 0.2) is 11.6 Å². The minimum atomic E-state index is -0.300. The van der Waals surface area contributed by atoms with Gasteiger partial charge in [-0.25, -0.2) is 4.68 Å². The third-order valence-corrected chi connectivity index (χ3v) is 4.18. The zero-order valence-electron chi connectivity index (χ0n) is 14.0. The van der Waals surface area contributed by atoms with E-state index in [4.69, 9.17) is 4.42 Å². The third-order valence-electron chi connectivity index (χ3n) is 4.18. The van der Waals surface area contributed by atoms with Crippen molar-refractivity contribution in [3.63, 3.8) is 0 Å². The normalized spacial score (nSPS) is 11.0. The lowest BCUT2D eigenvalue weighted by atomic mass is 10.1. The second-order valence-corrected chi connectivity index (χ2v) is 5.92. The highest BCUT2D eigenvalue weighted by molar-refractivity contribution is 6.06. The maximum absolute atomic E-state index is 12.6. The van der Waals surface area contributed by atoms with Gasteiger partial charge in [0.2, 0.25) is 0 Å². The van der Waals surface area contributed by atoms with Crippen LogP contribution in [0.5, 0.6) is 0 Å². The molecule has 0 bridgehead atoms. The summed E-state index contributed by atoms with van der Waals surface area (Å²) in [4.78, 5) is 12.6. The molecular weight excluding hydrogens is 314 g/mol. The maximum atomic E-state index is 12.6. The Morgan fingerprint density at radius 3 is 2.52 bits per heavy atom. The van der Waals surface area contributed by atoms with Crippen LogP contribution in [-0.4, -0.2) is 15.7 Å². The van der Waals surface area contributed by atoms with Crippen molar-refractivity contribution in [2.24, 2.45) is 0 Å². The number of carbonyl (C=O) groups is 1. The number of amides is 1. The molecule has 5 heteroatoms. The lowest BCUT2D eigenvalue weighted by Crippen LogP contribution is -2.12. The van der Waals surface area contributed by atoms with Gasteiger partial charge in [0.25, 0.3) is 5.91 Å². The number of hydrogen-bond acceptors (Lipinski definition) is 3. The number of carbonyl (C=O) groups excluding carboxylic acids is 1. The highest BCUT2D eigenvalue weighted by Crippen LogP contribution is 2.25. The molecule has 124 valence electrons. The van der Waals surface area contributed by atoms with E-state index in [9.17, 15) is 4.79 Å². The van der Waals surface area contributed by atoms with Gasteiger partial charge >= 0.3 is 0 Å². The monoisotopic (exact) mass is 331 g/mol. The van der Waals surface area contributed by atoms with E-state index in [1.54, 1.807) is 4.68 Å². The molecule has 1 N–H and O–H groups in total. The molecule has 2 aromatic carbocycles. The average molecular weight is 331 g/mol. The largest absolute Gasteiger partial charge is 0.451 e. The molecule has 0 fully saturated rings. The number of aromatic nitrogens is 2. The van der Waals surface area contributed by atoms with Gasteiger partial charge in [0, 0.05) is 22.7 Å². The highest BCUT2D eigenvalue weighted by atomic mass is 16.3. The van der Waals surface area contributed by atoms with Crippen LogP contribution in [0.25, 0.3) is 16.7 Å². The van der Waals surface area contributed by atoms with Crippen LogP contribution in [-0.2, 0) is 0 Å². The summed E-state index contributed by atoms with van der Waals surface area (Å²) in [6.07, 6.45) is 0. The second-order valence-electron chi connectivity index (χ2n) is 5.92. The van der Waals surface area contributed by atoms with Gasteiger partial charge in [0.05, 0.1) is 5.69 Å². The fourth-order valence-electron chi connectivity index (χ4n) is 2.93. The number of para-hydroxylation sites is 2. The van der Waals surface area contributed by atoms with Gasteiger partial charge in [-0.3, -0.25) is 4.79 Å². The van der Waals surface area contributed by atoms with Crippen LogP contribution in [0.3, 0.4) is 0 Å². The SMILES string of the molecule is Cc1c(C(=O)Nc2cc(C)n(-c3ccccc3)n2)oc2ccccc12. The van der Waals surface area contributed by atoms with Crippen molar-refractivity contribution < 1.29 is 9.21 Å². The summed E-state index contributed by atoms with van der Waals surface area (Å²) in [5.74, 6) is 0.505. The van der Waals surface area contributed by atoms with E-state index in [0.717, 1.165) is 22.3 Å². The molecule has 25 heavy (non-hydrogen) atoms. The third kappa shape index (κ3) is 2.70. The molecule has 4 rings (SSSR count). The van der Waals surface area contributed by atoms with Crippen LogP contribution in [0.2, 0.25) is 0 Å². The summed E-state index contributed by atoms with van der Waals surface area (Å²) in [5, 5.41) is 8.24. The smallest absolute Gasteiger partial charge is 0.292 e. The molecule has 0 spiro atoms. The lowest BCUT2D eigenvalue weighted by molar-refractivity contribution is 0.0997. The number of anilines is 1. The minimum Gasteiger partial charge on any atom is -0.451 e. The first-order chi connectivity index (χ1) is 12.1. The number of hydrogen-bond donors (Lipinski definition) is 1. The Morgan fingerprint density at radius 2 is 1.76 bits per heavy atom. The summed E-state index contributed by atoms with van der Waals surface area (Å²) >= 11 is 0. The topological polar surface area (TPSA) is 60.1 Å². The lowest BCUT2D eigenvalue weighted by Gasteiger charge is -2.03. The van der Waals surface area contributed by atoms with Crippen molar-refractivity contribution in [1.29, 1.82) is 0 Å². The summed E-state index contributed by atoms with van der Waals surface area (Å²) in [5.41, 5.74) is 3.41. The number of nitrogens with one attached hydrogen (secondary N) is 1. The predicted octanol–water partition coefficient (Wildman–Crippen LogP) is 4.49. The van der Waals surface area contributed by atoms with Crippen molar-refractivity contribution in [1.82, 2.24) is 9.78 Å². The predicted molar refractivity (Wildman–Crippen MR) is 97.2 cm³/mol. The van der Waals surface area contributed by atoms with E-state index in [2.05, 4.69) is 10.4 Å². The van der Waals surface area contributed by atoms with Crippen molar-refractivity contribution >= 4 is 22.7 Å². The van der Waals surface area contributed by atoms with Gasteiger partial charge in [-0.05, 0) is 32.0 Å². The van der Waals surface area contributed by atoms with Crippen molar-refractivity contribution in [3.8, 4) is 5.69 Å². The minimum absolute atomic E-state index is 0.300. The molecule has 0 radical (unpaired) electrons. The van der Waals surface area contributed by atoms with Crippen LogP contribution in [0.4, 0.5) is 5.82 Å². The highest BCUT2D eigenvalue weighted by Gasteiger charge is 2.18. The van der Waals surface area contributed by atoms with Gasteiger partial charge in [-0.2, -0.15) is 0 Å². The molecule has 0 saturated carbocycles. The summed E-state index contributed by atoms with van der Waals surface area (Å²) < 4.78 is 7.50. The van der Waals surface area contributed by atoms with Crippen molar-refractivity contribution in [2.45, 2.75) is 13.8 Å². The second kappa shape index (κ2) is 5.94. The van der Waals surface area contributed by atoms with Crippen LogP contribution < -0.4 is 5.32 Å². The molecule has 2 aromatic heterocycles. The number of nitrogens with zero attached hydrogens (tertiary/aromatic N) is 2. The quantitative estimate of drug-likeness (QED) is 0.602. The van der Waals surface area contributed by atoms with E-state index >= 15 is 0 Å².